The Kier molecular flexibility index (Phi) is 9.31. The number of likely N-dealkylation sites (tertiary alicyclic amines) is 2. The van der Waals surface area contributed by atoms with Gasteiger partial charge in [-0.05, 0) is 62.3 Å². The van der Waals surface area contributed by atoms with Crippen LogP contribution in [0.5, 0.6) is 0 Å². The third-order valence-electron chi connectivity index (χ3n) is 9.72. The number of fused-ring (bicyclic) bond motifs is 1. The molecule has 1 saturated carbocycles. The summed E-state index contributed by atoms with van der Waals surface area (Å²) in [6.45, 7) is 8.56. The van der Waals surface area contributed by atoms with Gasteiger partial charge in [-0.15, -0.1) is 0 Å². The average Bonchev–Trinajstić information content (AvgIpc) is 3.58. The van der Waals surface area contributed by atoms with E-state index in [1.807, 2.05) is 4.90 Å². The van der Waals surface area contributed by atoms with E-state index in [4.69, 9.17) is 15.2 Å². The van der Waals surface area contributed by atoms with E-state index in [1.54, 1.807) is 18.9 Å². The van der Waals surface area contributed by atoms with Crippen LogP contribution in [0.25, 0.3) is 0 Å². The van der Waals surface area contributed by atoms with Gasteiger partial charge < -0.3 is 30.3 Å². The highest BCUT2D eigenvalue weighted by Gasteiger charge is 2.61. The minimum Gasteiger partial charge on any atom is -0.390 e. The summed E-state index contributed by atoms with van der Waals surface area (Å²) in [6, 6.07) is 2.18. The van der Waals surface area contributed by atoms with Crippen molar-refractivity contribution < 1.29 is 40.6 Å². The number of amides is 1. The van der Waals surface area contributed by atoms with Crippen molar-refractivity contribution in [2.24, 2.45) is 16.6 Å². The molecule has 4 fully saturated rings. The van der Waals surface area contributed by atoms with Crippen LogP contribution in [0.2, 0.25) is 0 Å². The first-order valence-corrected chi connectivity index (χ1v) is 15.0. The molecule has 248 valence electrons. The minimum absolute atomic E-state index is 0.0110. The van der Waals surface area contributed by atoms with Crippen LogP contribution in [0.1, 0.15) is 49.3 Å². The second kappa shape index (κ2) is 12.6. The maximum absolute atomic E-state index is 13.6. The van der Waals surface area contributed by atoms with Crippen LogP contribution in [0.15, 0.2) is 46.7 Å². The first-order valence-electron chi connectivity index (χ1n) is 15.0. The molecule has 3 aliphatic heterocycles. The van der Waals surface area contributed by atoms with Crippen LogP contribution < -0.4 is 11.1 Å². The zero-order valence-electron chi connectivity index (χ0n) is 25.3. The molecule has 1 aromatic rings. The lowest BCUT2D eigenvalue weighted by molar-refractivity contribution is -0.143. The van der Waals surface area contributed by atoms with Crippen LogP contribution in [-0.4, -0.2) is 86.7 Å². The van der Waals surface area contributed by atoms with Crippen LogP contribution in [0.4, 0.5) is 26.3 Å². The molecule has 3 heterocycles. The molecule has 0 aromatic heterocycles. The molecule has 45 heavy (non-hydrogen) atoms. The summed E-state index contributed by atoms with van der Waals surface area (Å²) in [6.07, 6.45) is -6.08. The van der Waals surface area contributed by atoms with Crippen molar-refractivity contribution in [3.05, 3.63) is 58.4 Å². The van der Waals surface area contributed by atoms with Gasteiger partial charge in [0.1, 0.15) is 5.70 Å². The summed E-state index contributed by atoms with van der Waals surface area (Å²) < 4.78 is 92.3. The fourth-order valence-electron chi connectivity index (χ4n) is 6.98. The Bertz CT molecular complexity index is 1320. The van der Waals surface area contributed by atoms with E-state index in [0.717, 1.165) is 37.7 Å². The van der Waals surface area contributed by atoms with Gasteiger partial charge in [0.2, 0.25) is 0 Å². The number of carbonyl (C=O) groups is 1. The molecule has 5 rings (SSSR count). The lowest BCUT2D eigenvalue weighted by Gasteiger charge is -2.38. The first-order chi connectivity index (χ1) is 21.2. The number of nitrogens with one attached hydrogen (secondary N) is 1. The van der Waals surface area contributed by atoms with Gasteiger partial charge >= 0.3 is 12.4 Å². The fourth-order valence-corrected chi connectivity index (χ4v) is 6.98. The largest absolute Gasteiger partial charge is 0.416 e. The molecule has 14 heteroatoms. The molecule has 4 unspecified atom stereocenters. The van der Waals surface area contributed by atoms with E-state index < -0.39 is 28.9 Å². The van der Waals surface area contributed by atoms with Crippen LogP contribution in [0, 0.1) is 5.92 Å². The summed E-state index contributed by atoms with van der Waals surface area (Å²) >= 11 is 0. The molecule has 4 atom stereocenters. The molecule has 1 amide bonds. The number of piperidine rings is 2. The lowest BCUT2D eigenvalue weighted by Crippen LogP contribution is -2.54. The highest BCUT2D eigenvalue weighted by molar-refractivity contribution is 5.95. The normalized spacial score (nSPS) is 28.3. The van der Waals surface area contributed by atoms with Gasteiger partial charge in [0.05, 0.1) is 30.2 Å². The van der Waals surface area contributed by atoms with E-state index in [9.17, 15) is 31.1 Å². The number of ether oxygens (including phenoxy) is 2. The van der Waals surface area contributed by atoms with Crippen LogP contribution in [-0.2, 0) is 32.0 Å². The number of rotatable bonds is 8. The number of halogens is 6. The first kappa shape index (κ1) is 33.3. The Hall–Kier alpha value is -3.10. The van der Waals surface area contributed by atoms with Crippen LogP contribution in [0.3, 0.4) is 0 Å². The van der Waals surface area contributed by atoms with Gasteiger partial charge in [-0.1, -0.05) is 6.58 Å². The van der Waals surface area contributed by atoms with Crippen molar-refractivity contribution in [2.75, 3.05) is 46.5 Å². The van der Waals surface area contributed by atoms with Crippen molar-refractivity contribution in [1.29, 1.82) is 0 Å². The van der Waals surface area contributed by atoms with Gasteiger partial charge in [0.25, 0.3) is 5.91 Å². The number of allylic oxidation sites excluding steroid dienone is 1. The highest BCUT2D eigenvalue weighted by Crippen LogP contribution is 2.60. The minimum atomic E-state index is -4.92. The zero-order chi connectivity index (χ0) is 32.7. The van der Waals surface area contributed by atoms with Crippen molar-refractivity contribution in [3.63, 3.8) is 0 Å². The van der Waals surface area contributed by atoms with E-state index >= 15 is 0 Å². The van der Waals surface area contributed by atoms with Crippen molar-refractivity contribution in [2.45, 2.75) is 68.6 Å². The molecule has 0 radical (unpaired) electrons. The lowest BCUT2D eigenvalue weighted by atomic mass is 9.91. The fraction of sp³-hybridized carbons (Fsp3) is 0.613. The van der Waals surface area contributed by atoms with E-state index in [1.165, 1.54) is 0 Å². The SMILES string of the molecule is C=C(/C(C)=C(\N=CN)C(=O)N1CCC(NC2CCOCC2OC)CC1)N1CC2CC2(c2cc(C(F)(F)F)cc(C(F)(F)F)c2)C1. The van der Waals surface area contributed by atoms with Gasteiger partial charge in [-0.2, -0.15) is 26.3 Å². The molecule has 1 aliphatic carbocycles. The van der Waals surface area contributed by atoms with Gasteiger partial charge in [0, 0.05) is 68.7 Å². The molecule has 4 aliphatic rings. The maximum atomic E-state index is 13.6. The summed E-state index contributed by atoms with van der Waals surface area (Å²) in [7, 11) is 1.66. The van der Waals surface area contributed by atoms with Crippen LogP contribution >= 0.6 is 0 Å². The van der Waals surface area contributed by atoms with E-state index in [-0.39, 0.29) is 53.9 Å². The van der Waals surface area contributed by atoms with E-state index in [0.29, 0.717) is 50.5 Å². The second-order valence-corrected chi connectivity index (χ2v) is 12.4. The van der Waals surface area contributed by atoms with Crippen molar-refractivity contribution in [1.82, 2.24) is 15.1 Å². The van der Waals surface area contributed by atoms with Crippen molar-refractivity contribution in [3.8, 4) is 0 Å². The zero-order valence-corrected chi connectivity index (χ0v) is 25.3. The third kappa shape index (κ3) is 6.87. The Morgan fingerprint density at radius 3 is 2.33 bits per heavy atom. The highest BCUT2D eigenvalue weighted by atomic mass is 19.4. The predicted octanol–water partition coefficient (Wildman–Crippen LogP) is 4.46. The number of alkyl halides is 6. The Morgan fingerprint density at radius 2 is 1.76 bits per heavy atom. The maximum Gasteiger partial charge on any atom is 0.416 e. The molecule has 0 spiro atoms. The Morgan fingerprint density at radius 1 is 1.11 bits per heavy atom. The Balaban J connectivity index is 1.28. The topological polar surface area (TPSA) is 92.4 Å². The molecule has 3 N–H and O–H groups in total. The number of nitrogens with two attached hydrogens (primary N) is 1. The van der Waals surface area contributed by atoms with Gasteiger partial charge in [-0.3, -0.25) is 4.79 Å². The average molecular weight is 644 g/mol. The van der Waals surface area contributed by atoms with Gasteiger partial charge in [-0.25, -0.2) is 4.99 Å². The number of carbonyl (C=O) groups excluding carboxylic acids is 1. The standard InChI is InChI=1S/C31H39F6N5O3/c1-18(27(39-17-38)28(43)41-7-4-24(5-8-41)40-25-6-9-45-15-26(25)44-3)19(2)42-14-23-13-29(23,16-42)20-10-21(30(32,33)34)12-22(11-20)31(35,36)37/h10-12,17,23-26,40H,2,4-9,13-16H2,1,3H3,(H2,38,39)/b27-18-. The van der Waals surface area contributed by atoms with Crippen molar-refractivity contribution >= 4 is 12.2 Å². The summed E-state index contributed by atoms with van der Waals surface area (Å²) in [5, 5.41) is 3.65. The number of hydrogen-bond acceptors (Lipinski definition) is 6. The van der Waals surface area contributed by atoms with E-state index in [2.05, 4.69) is 16.9 Å². The summed E-state index contributed by atoms with van der Waals surface area (Å²) in [5.74, 6) is -0.467. The quantitative estimate of drug-likeness (QED) is 0.143. The number of hydrogen-bond donors (Lipinski definition) is 2. The predicted molar refractivity (Wildman–Crippen MR) is 155 cm³/mol. The second-order valence-electron chi connectivity index (χ2n) is 12.4. The summed E-state index contributed by atoms with van der Waals surface area (Å²) in [5.41, 5.74) is 3.09. The monoisotopic (exact) mass is 643 g/mol. The molecule has 1 aromatic carbocycles. The Labute approximate surface area is 258 Å². The smallest absolute Gasteiger partial charge is 0.390 e. The number of methoxy groups -OCH3 is 1. The molecular weight excluding hydrogens is 604 g/mol. The molecule has 0 bridgehead atoms. The molecule has 3 saturated heterocycles. The molecular formula is C31H39F6N5O3. The van der Waals surface area contributed by atoms with Gasteiger partial charge in [0.15, 0.2) is 0 Å². The number of nitrogens with zero attached hydrogens (tertiary/aromatic N) is 3. The number of benzene rings is 1. The molecule has 8 nitrogen and oxygen atoms in total. The summed E-state index contributed by atoms with van der Waals surface area (Å²) in [4.78, 5) is 21.3. The number of aliphatic imine (C=N–C) groups is 1. The third-order valence-corrected chi connectivity index (χ3v) is 9.72.